The van der Waals surface area contributed by atoms with Gasteiger partial charge in [0.25, 0.3) is 11.8 Å². The zero-order chi connectivity index (χ0) is 17.6. The normalized spacial score (nSPS) is 15.8. The molecule has 2 aromatic carbocycles. The van der Waals surface area contributed by atoms with Crippen LogP contribution in [0.4, 0.5) is 5.69 Å². The smallest absolute Gasteiger partial charge is 0.255 e. The van der Waals surface area contributed by atoms with Gasteiger partial charge in [-0.3, -0.25) is 9.59 Å². The summed E-state index contributed by atoms with van der Waals surface area (Å²) in [5.41, 5.74) is 1.41. The summed E-state index contributed by atoms with van der Waals surface area (Å²) in [5, 5.41) is 9.64. The lowest BCUT2D eigenvalue weighted by molar-refractivity contribution is 0.0951. The number of nitrogens with one attached hydrogen (secondary N) is 3. The lowest BCUT2D eigenvalue weighted by Gasteiger charge is -2.14. The fraction of sp³-hybridized carbons (Fsp3) is 0.263. The van der Waals surface area contributed by atoms with Crippen LogP contribution in [-0.4, -0.2) is 30.9 Å². The summed E-state index contributed by atoms with van der Waals surface area (Å²) in [6, 6.07) is 13.9. The van der Waals surface area contributed by atoms with E-state index in [0.717, 1.165) is 19.4 Å². The molecule has 1 aliphatic rings. The van der Waals surface area contributed by atoms with E-state index in [9.17, 15) is 9.59 Å². The third-order valence-corrected chi connectivity index (χ3v) is 4.45. The van der Waals surface area contributed by atoms with Crippen molar-refractivity contribution in [2.45, 2.75) is 18.9 Å². The van der Waals surface area contributed by atoms with Crippen molar-refractivity contribution in [3.63, 3.8) is 0 Å². The Labute approximate surface area is 163 Å². The van der Waals surface area contributed by atoms with Crippen LogP contribution >= 0.6 is 24.0 Å². The summed E-state index contributed by atoms with van der Waals surface area (Å²) in [4.78, 5) is 24.8. The third-order valence-electron chi connectivity index (χ3n) is 4.20. The van der Waals surface area contributed by atoms with Gasteiger partial charge in [0.05, 0.1) is 11.3 Å². The quantitative estimate of drug-likeness (QED) is 0.727. The van der Waals surface area contributed by atoms with E-state index in [1.54, 1.807) is 48.5 Å². The number of carbonyl (C=O) groups is 2. The second kappa shape index (κ2) is 9.57. The van der Waals surface area contributed by atoms with Crippen molar-refractivity contribution in [1.82, 2.24) is 10.6 Å². The Morgan fingerprint density at radius 2 is 1.81 bits per heavy atom. The van der Waals surface area contributed by atoms with Crippen molar-refractivity contribution in [3.05, 3.63) is 64.7 Å². The van der Waals surface area contributed by atoms with E-state index in [1.165, 1.54) is 0 Å². The highest BCUT2D eigenvalue weighted by atomic mass is 35.5. The molecule has 1 aliphatic heterocycles. The molecule has 26 heavy (non-hydrogen) atoms. The molecule has 1 heterocycles. The van der Waals surface area contributed by atoms with Crippen molar-refractivity contribution in [2.24, 2.45) is 0 Å². The molecule has 3 rings (SSSR count). The first-order valence-corrected chi connectivity index (χ1v) is 8.69. The Kier molecular flexibility index (Phi) is 7.45. The van der Waals surface area contributed by atoms with Gasteiger partial charge in [-0.2, -0.15) is 0 Å². The summed E-state index contributed by atoms with van der Waals surface area (Å²) in [7, 11) is 0. The largest absolute Gasteiger partial charge is 0.350 e. The molecule has 0 bridgehead atoms. The van der Waals surface area contributed by atoms with Gasteiger partial charge >= 0.3 is 0 Å². The van der Waals surface area contributed by atoms with Gasteiger partial charge in [0, 0.05) is 23.2 Å². The van der Waals surface area contributed by atoms with E-state index in [0.29, 0.717) is 34.4 Å². The van der Waals surface area contributed by atoms with E-state index in [1.807, 2.05) is 0 Å². The van der Waals surface area contributed by atoms with E-state index >= 15 is 0 Å². The summed E-state index contributed by atoms with van der Waals surface area (Å²) in [5.74, 6) is -0.477. The SMILES string of the molecule is Cl.O=C(Nc1ccccc1C(=O)NCC1CCCN1)c1ccc(Cl)cc1. The number of halogens is 2. The van der Waals surface area contributed by atoms with Crippen LogP contribution in [0, 0.1) is 0 Å². The Bertz CT molecular complexity index is 760. The number of amides is 2. The molecule has 5 nitrogen and oxygen atoms in total. The van der Waals surface area contributed by atoms with Gasteiger partial charge in [-0.05, 0) is 55.8 Å². The van der Waals surface area contributed by atoms with Crippen molar-refractivity contribution < 1.29 is 9.59 Å². The number of anilines is 1. The summed E-state index contributed by atoms with van der Waals surface area (Å²) in [6.45, 7) is 1.58. The monoisotopic (exact) mass is 393 g/mol. The second-order valence-corrected chi connectivity index (χ2v) is 6.45. The van der Waals surface area contributed by atoms with Gasteiger partial charge in [0.2, 0.25) is 0 Å². The Morgan fingerprint density at radius 3 is 2.50 bits per heavy atom. The van der Waals surface area contributed by atoms with Crippen molar-refractivity contribution in [1.29, 1.82) is 0 Å². The van der Waals surface area contributed by atoms with Crippen LogP contribution in [0.2, 0.25) is 5.02 Å². The number of carbonyl (C=O) groups excluding carboxylic acids is 2. The first kappa shape index (κ1) is 20.2. The van der Waals surface area contributed by atoms with Crippen LogP contribution in [0.1, 0.15) is 33.6 Å². The third kappa shape index (κ3) is 5.21. The number of hydrogen-bond acceptors (Lipinski definition) is 3. The molecule has 1 fully saturated rings. The average molecular weight is 394 g/mol. The molecule has 3 N–H and O–H groups in total. The second-order valence-electron chi connectivity index (χ2n) is 6.01. The molecule has 0 radical (unpaired) electrons. The lowest BCUT2D eigenvalue weighted by atomic mass is 10.1. The number of benzene rings is 2. The fourth-order valence-corrected chi connectivity index (χ4v) is 2.95. The zero-order valence-corrected chi connectivity index (χ0v) is 15.7. The molecule has 0 aromatic heterocycles. The van der Waals surface area contributed by atoms with E-state index in [4.69, 9.17) is 11.6 Å². The maximum absolute atomic E-state index is 12.5. The Morgan fingerprint density at radius 1 is 1.08 bits per heavy atom. The van der Waals surface area contributed by atoms with E-state index in [-0.39, 0.29) is 24.2 Å². The van der Waals surface area contributed by atoms with Crippen molar-refractivity contribution >= 4 is 41.5 Å². The molecular formula is C19H21Cl2N3O2. The Balaban J connectivity index is 0.00000243. The first-order valence-electron chi connectivity index (χ1n) is 8.31. The maximum Gasteiger partial charge on any atom is 0.255 e. The van der Waals surface area contributed by atoms with Gasteiger partial charge in [0.1, 0.15) is 0 Å². The summed E-state index contributed by atoms with van der Waals surface area (Å²) >= 11 is 5.84. The van der Waals surface area contributed by atoms with Crippen LogP contribution in [-0.2, 0) is 0 Å². The molecule has 1 atom stereocenters. The molecule has 1 unspecified atom stereocenters. The van der Waals surface area contributed by atoms with Crippen molar-refractivity contribution in [3.8, 4) is 0 Å². The highest BCUT2D eigenvalue weighted by Crippen LogP contribution is 2.17. The molecule has 7 heteroatoms. The summed E-state index contributed by atoms with van der Waals surface area (Å²) < 4.78 is 0. The molecule has 2 aromatic rings. The highest BCUT2D eigenvalue weighted by Gasteiger charge is 2.17. The van der Waals surface area contributed by atoms with Gasteiger partial charge in [0.15, 0.2) is 0 Å². The molecule has 138 valence electrons. The van der Waals surface area contributed by atoms with Crippen molar-refractivity contribution in [2.75, 3.05) is 18.4 Å². The minimum atomic E-state index is -0.283. The first-order chi connectivity index (χ1) is 12.1. The highest BCUT2D eigenvalue weighted by molar-refractivity contribution is 6.30. The fourth-order valence-electron chi connectivity index (χ4n) is 2.83. The number of para-hydroxylation sites is 1. The lowest BCUT2D eigenvalue weighted by Crippen LogP contribution is -2.37. The zero-order valence-electron chi connectivity index (χ0n) is 14.1. The standard InChI is InChI=1S/C19H20ClN3O2.ClH/c20-14-9-7-13(8-10-14)18(24)23-17-6-2-1-5-16(17)19(25)22-12-15-4-3-11-21-15;/h1-2,5-10,15,21H,3-4,11-12H2,(H,22,25)(H,23,24);1H. The number of rotatable bonds is 5. The number of hydrogen-bond donors (Lipinski definition) is 3. The van der Waals surface area contributed by atoms with E-state index in [2.05, 4.69) is 16.0 Å². The van der Waals surface area contributed by atoms with Gasteiger partial charge in [-0.1, -0.05) is 23.7 Å². The van der Waals surface area contributed by atoms with Crippen LogP contribution in [0.25, 0.3) is 0 Å². The van der Waals surface area contributed by atoms with Gasteiger partial charge in [-0.15, -0.1) is 12.4 Å². The molecule has 0 saturated carbocycles. The topological polar surface area (TPSA) is 70.2 Å². The minimum Gasteiger partial charge on any atom is -0.350 e. The van der Waals surface area contributed by atoms with E-state index < -0.39 is 0 Å². The van der Waals surface area contributed by atoms with Gasteiger partial charge in [-0.25, -0.2) is 0 Å². The molecule has 1 saturated heterocycles. The van der Waals surface area contributed by atoms with Crippen LogP contribution in [0.3, 0.4) is 0 Å². The predicted molar refractivity (Wildman–Crippen MR) is 106 cm³/mol. The average Bonchev–Trinajstić information content (AvgIpc) is 3.14. The molecular weight excluding hydrogens is 373 g/mol. The maximum atomic E-state index is 12.5. The van der Waals surface area contributed by atoms with Crippen LogP contribution in [0.15, 0.2) is 48.5 Å². The predicted octanol–water partition coefficient (Wildman–Crippen LogP) is 3.50. The van der Waals surface area contributed by atoms with Crippen LogP contribution in [0.5, 0.6) is 0 Å². The summed E-state index contributed by atoms with van der Waals surface area (Å²) in [6.07, 6.45) is 2.20. The van der Waals surface area contributed by atoms with Gasteiger partial charge < -0.3 is 16.0 Å². The molecule has 2 amide bonds. The molecule has 0 spiro atoms. The minimum absolute atomic E-state index is 0. The molecule has 0 aliphatic carbocycles. The Hall–Kier alpha value is -2.08. The van der Waals surface area contributed by atoms with Crippen LogP contribution < -0.4 is 16.0 Å².